The number of hydrogen-bond donors (Lipinski definition) is 1. The molecule has 4 aromatic rings. The standard InChI is InChI=1S/C28H26N4O3S/c1-16-11-17(2)13-21(12-16)30-25(33)15-32-23-14-20(8-9-24(23)35-18(3)28(32)34)26-19(4)36-27(31-26)22-7-5-6-10-29-22/h5-14,18H,15H2,1-4H3,(H,30,33). The van der Waals surface area contributed by atoms with E-state index in [1.165, 1.54) is 4.90 Å². The van der Waals surface area contributed by atoms with Crippen molar-refractivity contribution in [1.82, 2.24) is 9.97 Å². The number of anilines is 2. The molecule has 1 N–H and O–H groups in total. The molecule has 1 unspecified atom stereocenters. The van der Waals surface area contributed by atoms with Crippen molar-refractivity contribution in [2.24, 2.45) is 0 Å². The van der Waals surface area contributed by atoms with Gasteiger partial charge in [0.15, 0.2) is 6.10 Å². The molecule has 2 aromatic carbocycles. The van der Waals surface area contributed by atoms with Crippen molar-refractivity contribution in [3.05, 3.63) is 76.8 Å². The first-order chi connectivity index (χ1) is 17.3. The molecule has 0 saturated carbocycles. The summed E-state index contributed by atoms with van der Waals surface area (Å²) in [5.41, 5.74) is 5.84. The molecule has 0 saturated heterocycles. The summed E-state index contributed by atoms with van der Waals surface area (Å²) >= 11 is 1.57. The first-order valence-electron chi connectivity index (χ1n) is 11.7. The van der Waals surface area contributed by atoms with Crippen LogP contribution in [-0.2, 0) is 9.59 Å². The van der Waals surface area contributed by atoms with Crippen molar-refractivity contribution in [2.45, 2.75) is 33.8 Å². The van der Waals surface area contributed by atoms with Gasteiger partial charge >= 0.3 is 0 Å². The number of ether oxygens (including phenoxy) is 1. The van der Waals surface area contributed by atoms with Crippen LogP contribution in [0.25, 0.3) is 22.0 Å². The van der Waals surface area contributed by atoms with Gasteiger partial charge in [-0.1, -0.05) is 12.1 Å². The first-order valence-corrected chi connectivity index (χ1v) is 12.5. The Morgan fingerprint density at radius 3 is 2.58 bits per heavy atom. The third-order valence-corrected chi connectivity index (χ3v) is 6.92. The zero-order valence-electron chi connectivity index (χ0n) is 20.5. The number of amides is 2. The van der Waals surface area contributed by atoms with E-state index in [2.05, 4.69) is 10.3 Å². The number of nitrogens with one attached hydrogen (secondary N) is 1. The molecule has 1 atom stereocenters. The molecule has 7 nitrogen and oxygen atoms in total. The van der Waals surface area contributed by atoms with Crippen molar-refractivity contribution in [1.29, 1.82) is 0 Å². The molecule has 2 aromatic heterocycles. The number of thiazole rings is 1. The van der Waals surface area contributed by atoms with E-state index in [1.807, 2.05) is 75.4 Å². The summed E-state index contributed by atoms with van der Waals surface area (Å²) in [6, 6.07) is 17.2. The highest BCUT2D eigenvalue weighted by atomic mass is 32.1. The monoisotopic (exact) mass is 498 g/mol. The lowest BCUT2D eigenvalue weighted by atomic mass is 10.1. The molecule has 0 bridgehead atoms. The summed E-state index contributed by atoms with van der Waals surface area (Å²) in [5, 5.41) is 3.75. The van der Waals surface area contributed by atoms with Crippen LogP contribution in [0.5, 0.6) is 5.75 Å². The Bertz CT molecular complexity index is 1440. The minimum Gasteiger partial charge on any atom is -0.479 e. The highest BCUT2D eigenvalue weighted by Gasteiger charge is 2.33. The summed E-state index contributed by atoms with van der Waals surface area (Å²) < 4.78 is 5.85. The topological polar surface area (TPSA) is 84.4 Å². The molecule has 5 rings (SSSR count). The Morgan fingerprint density at radius 1 is 1.08 bits per heavy atom. The summed E-state index contributed by atoms with van der Waals surface area (Å²) in [6.45, 7) is 7.54. The van der Waals surface area contributed by atoms with Crippen LogP contribution in [0.2, 0.25) is 0 Å². The van der Waals surface area contributed by atoms with Crippen LogP contribution in [0.15, 0.2) is 60.8 Å². The van der Waals surface area contributed by atoms with Gasteiger partial charge in [0.1, 0.15) is 17.3 Å². The van der Waals surface area contributed by atoms with Crippen LogP contribution in [0, 0.1) is 20.8 Å². The molecule has 0 radical (unpaired) electrons. The van der Waals surface area contributed by atoms with E-state index in [-0.39, 0.29) is 18.4 Å². The van der Waals surface area contributed by atoms with E-state index in [9.17, 15) is 9.59 Å². The van der Waals surface area contributed by atoms with E-state index in [0.29, 0.717) is 17.1 Å². The van der Waals surface area contributed by atoms with Crippen LogP contribution in [0.4, 0.5) is 11.4 Å². The number of carbonyl (C=O) groups is 2. The lowest BCUT2D eigenvalue weighted by Gasteiger charge is -2.33. The number of hydrogen-bond acceptors (Lipinski definition) is 6. The number of aromatic nitrogens is 2. The highest BCUT2D eigenvalue weighted by molar-refractivity contribution is 7.15. The van der Waals surface area contributed by atoms with Gasteiger partial charge in [0.25, 0.3) is 5.91 Å². The predicted molar refractivity (Wildman–Crippen MR) is 143 cm³/mol. The molecular formula is C28H26N4O3S. The van der Waals surface area contributed by atoms with E-state index < -0.39 is 6.10 Å². The van der Waals surface area contributed by atoms with E-state index >= 15 is 0 Å². The zero-order chi connectivity index (χ0) is 25.4. The second kappa shape index (κ2) is 9.54. The second-order valence-electron chi connectivity index (χ2n) is 8.93. The Balaban J connectivity index is 1.46. The quantitative estimate of drug-likeness (QED) is 0.390. The molecule has 2 amide bonds. The maximum atomic E-state index is 13.1. The van der Waals surface area contributed by atoms with E-state index in [4.69, 9.17) is 9.72 Å². The maximum absolute atomic E-state index is 13.1. The largest absolute Gasteiger partial charge is 0.479 e. The average Bonchev–Trinajstić information content (AvgIpc) is 3.23. The van der Waals surface area contributed by atoms with Gasteiger partial charge in [-0.3, -0.25) is 19.5 Å². The van der Waals surface area contributed by atoms with Gasteiger partial charge in [-0.2, -0.15) is 0 Å². The summed E-state index contributed by atoms with van der Waals surface area (Å²) in [5.74, 6) is 0.0170. The third-order valence-electron chi connectivity index (χ3n) is 5.93. The number of carbonyl (C=O) groups excluding carboxylic acids is 2. The summed E-state index contributed by atoms with van der Waals surface area (Å²) in [6.07, 6.45) is 1.06. The zero-order valence-corrected chi connectivity index (χ0v) is 21.3. The maximum Gasteiger partial charge on any atom is 0.268 e. The number of fused-ring (bicyclic) bond motifs is 1. The summed E-state index contributed by atoms with van der Waals surface area (Å²) in [7, 11) is 0. The minimum absolute atomic E-state index is 0.120. The molecule has 36 heavy (non-hydrogen) atoms. The van der Waals surface area contributed by atoms with Gasteiger partial charge < -0.3 is 10.1 Å². The number of pyridine rings is 1. The molecule has 0 aliphatic carbocycles. The molecule has 0 fully saturated rings. The van der Waals surface area contributed by atoms with Crippen LogP contribution in [0.3, 0.4) is 0 Å². The summed E-state index contributed by atoms with van der Waals surface area (Å²) in [4.78, 5) is 37.8. The molecule has 0 spiro atoms. The Labute approximate surface area is 213 Å². The number of rotatable bonds is 5. The van der Waals surface area contributed by atoms with Gasteiger partial charge in [0.2, 0.25) is 5.91 Å². The van der Waals surface area contributed by atoms with Crippen LogP contribution in [0.1, 0.15) is 22.9 Å². The fourth-order valence-corrected chi connectivity index (χ4v) is 5.28. The number of aryl methyl sites for hydroxylation is 3. The number of benzene rings is 2. The van der Waals surface area contributed by atoms with Gasteiger partial charge in [0.05, 0.1) is 17.1 Å². The molecule has 1 aliphatic heterocycles. The van der Waals surface area contributed by atoms with Crippen molar-refractivity contribution < 1.29 is 14.3 Å². The Morgan fingerprint density at radius 2 is 1.86 bits per heavy atom. The Kier molecular flexibility index (Phi) is 6.28. The van der Waals surface area contributed by atoms with Gasteiger partial charge in [-0.15, -0.1) is 11.3 Å². The van der Waals surface area contributed by atoms with Crippen LogP contribution in [-0.4, -0.2) is 34.4 Å². The van der Waals surface area contributed by atoms with Crippen molar-refractivity contribution in [3.63, 3.8) is 0 Å². The lowest BCUT2D eigenvalue weighted by Crippen LogP contribution is -2.47. The van der Waals surface area contributed by atoms with Crippen molar-refractivity contribution in [3.8, 4) is 27.7 Å². The van der Waals surface area contributed by atoms with Gasteiger partial charge in [0, 0.05) is 22.3 Å². The average molecular weight is 499 g/mol. The number of nitrogens with zero attached hydrogens (tertiary/aromatic N) is 3. The van der Waals surface area contributed by atoms with Crippen LogP contribution < -0.4 is 15.0 Å². The molecule has 8 heteroatoms. The highest BCUT2D eigenvalue weighted by Crippen LogP contribution is 2.40. The third kappa shape index (κ3) is 4.72. The minimum atomic E-state index is -0.686. The van der Waals surface area contributed by atoms with Crippen LogP contribution >= 0.6 is 11.3 Å². The fourth-order valence-electron chi connectivity index (χ4n) is 4.37. The lowest BCUT2D eigenvalue weighted by molar-refractivity contribution is -0.127. The predicted octanol–water partition coefficient (Wildman–Crippen LogP) is 5.55. The molecule has 182 valence electrons. The van der Waals surface area contributed by atoms with Crippen molar-refractivity contribution >= 4 is 34.5 Å². The molecular weight excluding hydrogens is 472 g/mol. The SMILES string of the molecule is Cc1cc(C)cc(NC(=O)CN2C(=O)C(C)Oc3ccc(-c4nc(-c5ccccn5)sc4C)cc32)c1. The fraction of sp³-hybridized carbons (Fsp3) is 0.214. The van der Waals surface area contributed by atoms with Gasteiger partial charge in [-0.05, 0) is 81.3 Å². The second-order valence-corrected chi connectivity index (χ2v) is 10.1. The smallest absolute Gasteiger partial charge is 0.268 e. The first kappa shape index (κ1) is 23.7. The molecule has 1 aliphatic rings. The van der Waals surface area contributed by atoms with E-state index in [1.54, 1.807) is 24.5 Å². The molecule has 3 heterocycles. The van der Waals surface area contributed by atoms with E-state index in [0.717, 1.165) is 38.0 Å². The normalized spacial score (nSPS) is 14.8. The van der Waals surface area contributed by atoms with Gasteiger partial charge in [-0.25, -0.2) is 4.98 Å². The van der Waals surface area contributed by atoms with Crippen molar-refractivity contribution in [2.75, 3.05) is 16.8 Å². The Hall–Kier alpha value is -4.04.